The number of aliphatic hydroxyl groups is 1. The molecule has 1 heterocycles. The topological polar surface area (TPSA) is 87.7 Å². The molecule has 1 saturated heterocycles. The minimum atomic E-state index is -0.614. The van der Waals surface area contributed by atoms with E-state index in [1.165, 1.54) is 11.8 Å². The second-order valence-electron chi connectivity index (χ2n) is 6.94. The minimum Gasteiger partial charge on any atom is -0.388 e. The molecule has 3 rings (SSSR count). The highest BCUT2D eigenvalue weighted by atomic mass is 32.2. The number of carbonyl (C=O) groups is 2. The van der Waals surface area contributed by atoms with E-state index in [-0.39, 0.29) is 36.4 Å². The van der Waals surface area contributed by atoms with Gasteiger partial charge in [-0.05, 0) is 37.8 Å². The van der Waals surface area contributed by atoms with Gasteiger partial charge in [-0.3, -0.25) is 9.59 Å². The largest absolute Gasteiger partial charge is 0.388 e. The summed E-state index contributed by atoms with van der Waals surface area (Å²) in [5.74, 6) is 0.390. The van der Waals surface area contributed by atoms with Gasteiger partial charge in [0.2, 0.25) is 11.8 Å². The van der Waals surface area contributed by atoms with Crippen molar-refractivity contribution in [3.63, 3.8) is 0 Å². The summed E-state index contributed by atoms with van der Waals surface area (Å²) in [5, 5.41) is 15.7. The standard InChI is InChI=1S/C19H26N2O4S/c22-17-11-25-10-16(17)21-19(24)13-6-8-14(9-7-13)20-18(23)12-26-15-4-2-1-3-5-15/h1-5,13-14,16-17,22H,6-12H2,(H,20,23)(H,21,24)/t13?,14?,16-,17-/m0/s1. The molecule has 6 nitrogen and oxygen atoms in total. The number of thioether (sulfide) groups is 1. The van der Waals surface area contributed by atoms with Gasteiger partial charge in [0.15, 0.2) is 0 Å². The van der Waals surface area contributed by atoms with Crippen molar-refractivity contribution in [3.05, 3.63) is 30.3 Å². The minimum absolute atomic E-state index is 0.0102. The highest BCUT2D eigenvalue weighted by molar-refractivity contribution is 8.00. The van der Waals surface area contributed by atoms with Crippen LogP contribution >= 0.6 is 11.8 Å². The monoisotopic (exact) mass is 378 g/mol. The maximum absolute atomic E-state index is 12.3. The molecular formula is C19H26N2O4S. The first-order valence-corrected chi connectivity index (χ1v) is 10.1. The molecule has 2 atom stereocenters. The lowest BCUT2D eigenvalue weighted by atomic mass is 9.85. The van der Waals surface area contributed by atoms with Gasteiger partial charge >= 0.3 is 0 Å². The summed E-state index contributed by atoms with van der Waals surface area (Å²) in [6.45, 7) is 0.655. The molecule has 0 bridgehead atoms. The van der Waals surface area contributed by atoms with Gasteiger partial charge in [-0.2, -0.15) is 0 Å². The molecule has 2 amide bonds. The van der Waals surface area contributed by atoms with E-state index in [1.54, 1.807) is 0 Å². The van der Waals surface area contributed by atoms with Crippen molar-refractivity contribution in [1.29, 1.82) is 0 Å². The number of hydrogen-bond donors (Lipinski definition) is 3. The molecule has 142 valence electrons. The Morgan fingerprint density at radius 3 is 2.46 bits per heavy atom. The van der Waals surface area contributed by atoms with Gasteiger partial charge in [0.05, 0.1) is 31.1 Å². The molecule has 0 spiro atoms. The lowest BCUT2D eigenvalue weighted by molar-refractivity contribution is -0.127. The molecule has 7 heteroatoms. The van der Waals surface area contributed by atoms with E-state index in [4.69, 9.17) is 4.74 Å². The van der Waals surface area contributed by atoms with Crippen molar-refractivity contribution >= 4 is 23.6 Å². The Labute approximate surface area is 158 Å². The molecule has 0 radical (unpaired) electrons. The Morgan fingerprint density at radius 1 is 1.08 bits per heavy atom. The maximum atomic E-state index is 12.3. The molecule has 1 aromatic rings. The zero-order valence-electron chi connectivity index (χ0n) is 14.7. The summed E-state index contributed by atoms with van der Waals surface area (Å²) in [5.41, 5.74) is 0. The maximum Gasteiger partial charge on any atom is 0.230 e. The molecule has 1 saturated carbocycles. The molecule has 0 unspecified atom stereocenters. The van der Waals surface area contributed by atoms with Crippen LogP contribution in [0.15, 0.2) is 35.2 Å². The number of amides is 2. The van der Waals surface area contributed by atoms with Gasteiger partial charge in [-0.1, -0.05) is 18.2 Å². The van der Waals surface area contributed by atoms with Gasteiger partial charge in [-0.25, -0.2) is 0 Å². The highest BCUT2D eigenvalue weighted by Gasteiger charge is 2.32. The van der Waals surface area contributed by atoms with Crippen molar-refractivity contribution in [3.8, 4) is 0 Å². The van der Waals surface area contributed by atoms with Crippen molar-refractivity contribution in [2.24, 2.45) is 5.92 Å². The molecule has 1 aliphatic carbocycles. The van der Waals surface area contributed by atoms with E-state index in [0.29, 0.717) is 12.4 Å². The molecule has 2 aliphatic rings. The average Bonchev–Trinajstić information content (AvgIpc) is 3.06. The molecule has 2 fully saturated rings. The van der Waals surface area contributed by atoms with Crippen LogP contribution in [0.4, 0.5) is 0 Å². The zero-order chi connectivity index (χ0) is 18.4. The van der Waals surface area contributed by atoms with Crippen molar-refractivity contribution in [2.75, 3.05) is 19.0 Å². The van der Waals surface area contributed by atoms with Gasteiger partial charge in [0, 0.05) is 16.9 Å². The molecular weight excluding hydrogens is 352 g/mol. The average molecular weight is 378 g/mol. The molecule has 1 aromatic carbocycles. The Morgan fingerprint density at radius 2 is 1.81 bits per heavy atom. The Kier molecular flexibility index (Phi) is 6.93. The molecule has 26 heavy (non-hydrogen) atoms. The third kappa shape index (κ3) is 5.46. The van der Waals surface area contributed by atoms with E-state index in [9.17, 15) is 14.7 Å². The van der Waals surface area contributed by atoms with Crippen LogP contribution in [-0.4, -0.2) is 54.1 Å². The van der Waals surface area contributed by atoms with E-state index >= 15 is 0 Å². The second kappa shape index (κ2) is 9.39. The Hall–Kier alpha value is -1.57. The molecule has 3 N–H and O–H groups in total. The van der Waals surface area contributed by atoms with Crippen LogP contribution in [0.3, 0.4) is 0 Å². The predicted molar refractivity (Wildman–Crippen MR) is 99.8 cm³/mol. The third-order valence-electron chi connectivity index (χ3n) is 4.95. The summed E-state index contributed by atoms with van der Waals surface area (Å²) in [4.78, 5) is 25.5. The fourth-order valence-corrected chi connectivity index (χ4v) is 4.15. The second-order valence-corrected chi connectivity index (χ2v) is 7.99. The Balaban J connectivity index is 1.35. The summed E-state index contributed by atoms with van der Waals surface area (Å²) < 4.78 is 5.16. The lowest BCUT2D eigenvalue weighted by Gasteiger charge is -2.29. The molecule has 0 aromatic heterocycles. The number of ether oxygens (including phenoxy) is 1. The van der Waals surface area contributed by atoms with Gasteiger partial charge in [0.25, 0.3) is 0 Å². The van der Waals surface area contributed by atoms with E-state index in [1.807, 2.05) is 30.3 Å². The number of nitrogens with one attached hydrogen (secondary N) is 2. The summed E-state index contributed by atoms with van der Waals surface area (Å²) >= 11 is 1.53. The Bertz CT molecular complexity index is 605. The normalized spacial score (nSPS) is 28.5. The first-order valence-electron chi connectivity index (χ1n) is 9.15. The first kappa shape index (κ1) is 19.2. The van der Waals surface area contributed by atoms with Crippen molar-refractivity contribution < 1.29 is 19.4 Å². The zero-order valence-corrected chi connectivity index (χ0v) is 15.5. The first-order chi connectivity index (χ1) is 12.6. The van der Waals surface area contributed by atoms with Crippen LogP contribution in [0.25, 0.3) is 0 Å². The fourth-order valence-electron chi connectivity index (χ4n) is 3.42. The third-order valence-corrected chi connectivity index (χ3v) is 5.97. The van der Waals surface area contributed by atoms with Crippen molar-refractivity contribution in [1.82, 2.24) is 10.6 Å². The summed E-state index contributed by atoms with van der Waals surface area (Å²) in [6, 6.07) is 9.71. The van der Waals surface area contributed by atoms with E-state index < -0.39 is 6.10 Å². The smallest absolute Gasteiger partial charge is 0.230 e. The van der Waals surface area contributed by atoms with Gasteiger partial charge in [-0.15, -0.1) is 11.8 Å². The van der Waals surface area contributed by atoms with Crippen LogP contribution in [0.2, 0.25) is 0 Å². The number of aliphatic hydroxyl groups excluding tert-OH is 1. The fraction of sp³-hybridized carbons (Fsp3) is 0.579. The SMILES string of the molecule is O=C(CSc1ccccc1)NC1CCC(C(=O)N[C@H]2COC[C@@H]2O)CC1. The van der Waals surface area contributed by atoms with Crippen LogP contribution < -0.4 is 10.6 Å². The van der Waals surface area contributed by atoms with Crippen LogP contribution in [-0.2, 0) is 14.3 Å². The highest BCUT2D eigenvalue weighted by Crippen LogP contribution is 2.25. The van der Waals surface area contributed by atoms with Gasteiger partial charge < -0.3 is 20.5 Å². The number of carbonyl (C=O) groups excluding carboxylic acids is 2. The molecule has 1 aliphatic heterocycles. The van der Waals surface area contributed by atoms with Crippen LogP contribution in [0.1, 0.15) is 25.7 Å². The van der Waals surface area contributed by atoms with Crippen molar-refractivity contribution in [2.45, 2.75) is 48.8 Å². The lowest BCUT2D eigenvalue weighted by Crippen LogP contribution is -2.47. The predicted octanol–water partition coefficient (Wildman–Crippen LogP) is 1.33. The van der Waals surface area contributed by atoms with E-state index in [0.717, 1.165) is 30.6 Å². The van der Waals surface area contributed by atoms with Crippen LogP contribution in [0.5, 0.6) is 0 Å². The summed E-state index contributed by atoms with van der Waals surface area (Å²) in [6.07, 6.45) is 2.52. The number of rotatable bonds is 6. The van der Waals surface area contributed by atoms with Crippen LogP contribution in [0, 0.1) is 5.92 Å². The number of hydrogen-bond acceptors (Lipinski definition) is 5. The number of benzene rings is 1. The van der Waals surface area contributed by atoms with Gasteiger partial charge in [0.1, 0.15) is 0 Å². The quantitative estimate of drug-likeness (QED) is 0.650. The summed E-state index contributed by atoms with van der Waals surface area (Å²) in [7, 11) is 0. The van der Waals surface area contributed by atoms with E-state index in [2.05, 4.69) is 10.6 Å².